The highest BCUT2D eigenvalue weighted by Crippen LogP contribution is 2.45. The first kappa shape index (κ1) is 34.7. The number of aromatic carboxylic acids is 1. The lowest BCUT2D eigenvalue weighted by Gasteiger charge is -2.47. The molecule has 246 valence electrons. The first-order chi connectivity index (χ1) is 22.3. The van der Waals surface area contributed by atoms with Crippen molar-refractivity contribution in [3.8, 4) is 0 Å². The van der Waals surface area contributed by atoms with Gasteiger partial charge in [0.15, 0.2) is 5.78 Å². The van der Waals surface area contributed by atoms with Gasteiger partial charge in [-0.05, 0) is 95.4 Å². The fraction of sp³-hybridized carbons (Fsp3) is 0.333. The smallest absolute Gasteiger partial charge is 0.336 e. The predicted molar refractivity (Wildman–Crippen MR) is 187 cm³/mol. The van der Waals surface area contributed by atoms with Gasteiger partial charge >= 0.3 is 5.97 Å². The third kappa shape index (κ3) is 6.72. The molecular formula is C39H42ClFO5Si. The molecule has 1 aliphatic rings. The molecule has 0 aromatic heterocycles. The van der Waals surface area contributed by atoms with Gasteiger partial charge in [-0.15, -0.1) is 0 Å². The molecule has 5 nitrogen and oxygen atoms in total. The molecule has 0 saturated heterocycles. The molecular weight excluding hydrogens is 631 g/mol. The van der Waals surface area contributed by atoms with Crippen LogP contribution in [0.2, 0.25) is 10.1 Å². The van der Waals surface area contributed by atoms with E-state index in [-0.39, 0.29) is 34.6 Å². The molecule has 1 unspecified atom stereocenters. The summed E-state index contributed by atoms with van der Waals surface area (Å²) in [7, 11) is -2.77. The second kappa shape index (κ2) is 13.8. The zero-order chi connectivity index (χ0) is 34.0. The molecule has 0 radical (unpaired) electrons. The predicted octanol–water partition coefficient (Wildman–Crippen LogP) is 8.14. The molecule has 0 spiro atoms. The van der Waals surface area contributed by atoms with Crippen LogP contribution in [0.25, 0.3) is 0 Å². The van der Waals surface area contributed by atoms with E-state index in [0.29, 0.717) is 30.7 Å². The summed E-state index contributed by atoms with van der Waals surface area (Å²) in [6, 6.07) is 29.2. The monoisotopic (exact) mass is 672 g/mol. The van der Waals surface area contributed by atoms with E-state index in [0.717, 1.165) is 6.07 Å². The SMILES string of the molecule is CCC(O)(c1cc(F)c(C(=O)c2ccc(Cl)cc2)c(C(=O)O)c1)[C@H]1CC[C@H](O[Si](c2ccccc2)(c2ccccc2)C(C)(C)C)CC1. The van der Waals surface area contributed by atoms with Crippen molar-refractivity contribution in [2.24, 2.45) is 5.92 Å². The maximum atomic E-state index is 15.8. The zero-order valence-corrected chi connectivity index (χ0v) is 29.1. The van der Waals surface area contributed by atoms with E-state index in [2.05, 4.69) is 69.3 Å². The Bertz CT molecular complexity index is 1670. The second-order valence-electron chi connectivity index (χ2n) is 13.6. The van der Waals surface area contributed by atoms with Crippen LogP contribution in [-0.4, -0.2) is 36.4 Å². The van der Waals surface area contributed by atoms with Gasteiger partial charge in [0.1, 0.15) is 5.82 Å². The van der Waals surface area contributed by atoms with Gasteiger partial charge in [-0.3, -0.25) is 4.79 Å². The highest BCUT2D eigenvalue weighted by Gasteiger charge is 2.52. The van der Waals surface area contributed by atoms with E-state index in [4.69, 9.17) is 16.0 Å². The number of ketones is 1. The fourth-order valence-corrected chi connectivity index (χ4v) is 12.2. The highest BCUT2D eigenvalue weighted by atomic mass is 35.5. The Kier molecular flexibility index (Phi) is 10.2. The number of halogens is 2. The van der Waals surface area contributed by atoms with Crippen LogP contribution in [-0.2, 0) is 10.0 Å². The van der Waals surface area contributed by atoms with Gasteiger partial charge in [0.2, 0.25) is 0 Å². The van der Waals surface area contributed by atoms with Gasteiger partial charge < -0.3 is 14.6 Å². The van der Waals surface area contributed by atoms with E-state index in [1.165, 1.54) is 40.7 Å². The molecule has 0 heterocycles. The van der Waals surface area contributed by atoms with Crippen LogP contribution in [0.5, 0.6) is 0 Å². The summed E-state index contributed by atoms with van der Waals surface area (Å²) < 4.78 is 23.1. The standard InChI is InChI=1S/C39H42ClFO5Si/c1-5-39(45,28-24-33(37(43)44)35(34(41)25-28)36(42)26-16-20-29(40)21-17-26)27-18-22-30(23-19-27)46-47(38(2,3)4,31-12-8-6-9-13-31)32-14-10-7-11-15-32/h6-17,20-21,24-25,27,30,45H,5,18-19,22-23H2,1-4H3,(H,43,44)/t27-,30-,39?. The second-order valence-corrected chi connectivity index (χ2v) is 18.2. The third-order valence-electron chi connectivity index (χ3n) is 9.80. The number of carboxylic acids is 1. The molecule has 0 amide bonds. The molecule has 4 aromatic rings. The Hall–Kier alpha value is -3.62. The molecule has 2 N–H and O–H groups in total. The first-order valence-electron chi connectivity index (χ1n) is 16.2. The van der Waals surface area contributed by atoms with Gasteiger partial charge in [-0.1, -0.05) is 100.0 Å². The van der Waals surface area contributed by atoms with Gasteiger partial charge in [0.25, 0.3) is 8.32 Å². The van der Waals surface area contributed by atoms with Crippen LogP contribution in [0.1, 0.15) is 91.6 Å². The topological polar surface area (TPSA) is 83.8 Å². The highest BCUT2D eigenvalue weighted by molar-refractivity contribution is 6.99. The Labute approximate surface area is 282 Å². The maximum absolute atomic E-state index is 15.8. The average molecular weight is 673 g/mol. The molecule has 0 bridgehead atoms. The van der Waals surface area contributed by atoms with E-state index in [1.54, 1.807) is 0 Å². The van der Waals surface area contributed by atoms with E-state index in [9.17, 15) is 19.8 Å². The number of hydrogen-bond donors (Lipinski definition) is 2. The number of carbonyl (C=O) groups excluding carboxylic acids is 1. The lowest BCUT2D eigenvalue weighted by Crippen LogP contribution is -2.67. The van der Waals surface area contributed by atoms with Crippen LogP contribution in [0.15, 0.2) is 97.1 Å². The van der Waals surface area contributed by atoms with Crippen molar-refractivity contribution in [1.82, 2.24) is 0 Å². The largest absolute Gasteiger partial charge is 0.478 e. The Morgan fingerprint density at radius 2 is 1.40 bits per heavy atom. The zero-order valence-electron chi connectivity index (χ0n) is 27.3. The summed E-state index contributed by atoms with van der Waals surface area (Å²) in [4.78, 5) is 25.6. The number of hydrogen-bond acceptors (Lipinski definition) is 4. The van der Waals surface area contributed by atoms with Crippen LogP contribution >= 0.6 is 11.6 Å². The molecule has 1 saturated carbocycles. The molecule has 8 heteroatoms. The number of benzene rings is 4. The molecule has 0 aliphatic heterocycles. The van der Waals surface area contributed by atoms with Crippen molar-refractivity contribution < 1.29 is 28.6 Å². The van der Waals surface area contributed by atoms with Crippen molar-refractivity contribution in [2.45, 2.75) is 76.5 Å². The summed E-state index contributed by atoms with van der Waals surface area (Å²) in [5, 5.41) is 24.8. The molecule has 1 fully saturated rings. The van der Waals surface area contributed by atoms with Gasteiger partial charge in [0.05, 0.1) is 16.7 Å². The van der Waals surface area contributed by atoms with Gasteiger partial charge in [0, 0.05) is 16.7 Å². The first-order valence-corrected chi connectivity index (χ1v) is 18.5. The van der Waals surface area contributed by atoms with Crippen LogP contribution in [0.4, 0.5) is 4.39 Å². The summed E-state index contributed by atoms with van der Waals surface area (Å²) in [6.45, 7) is 8.56. The molecule has 5 rings (SSSR count). The Morgan fingerprint density at radius 3 is 1.87 bits per heavy atom. The summed E-state index contributed by atoms with van der Waals surface area (Å²) >= 11 is 5.94. The fourth-order valence-electron chi connectivity index (χ4n) is 7.33. The van der Waals surface area contributed by atoms with Crippen LogP contribution in [0.3, 0.4) is 0 Å². The van der Waals surface area contributed by atoms with E-state index >= 15 is 4.39 Å². The normalized spacial score (nSPS) is 18.4. The Balaban J connectivity index is 1.44. The van der Waals surface area contributed by atoms with Crippen molar-refractivity contribution in [3.63, 3.8) is 0 Å². The number of carbonyl (C=O) groups is 2. The quantitative estimate of drug-likeness (QED) is 0.131. The van der Waals surface area contributed by atoms with E-state index in [1.807, 2.05) is 19.1 Å². The summed E-state index contributed by atoms with van der Waals surface area (Å²) in [6.07, 6.45) is 2.81. The Morgan fingerprint density at radius 1 is 0.872 bits per heavy atom. The van der Waals surface area contributed by atoms with Gasteiger partial charge in [-0.25, -0.2) is 9.18 Å². The summed E-state index contributed by atoms with van der Waals surface area (Å²) in [5.41, 5.74) is -2.22. The van der Waals surface area contributed by atoms with Crippen LogP contribution in [0, 0.1) is 11.7 Å². The number of aliphatic hydroxyl groups is 1. The molecule has 47 heavy (non-hydrogen) atoms. The van der Waals surface area contributed by atoms with E-state index < -0.39 is 42.6 Å². The molecule has 1 aliphatic carbocycles. The number of carboxylic acid groups (broad SMARTS) is 1. The van der Waals surface area contributed by atoms with Crippen molar-refractivity contribution in [3.05, 3.63) is 130 Å². The lowest BCUT2D eigenvalue weighted by atomic mass is 9.71. The average Bonchev–Trinajstić information content (AvgIpc) is 3.07. The van der Waals surface area contributed by atoms with Crippen molar-refractivity contribution >= 4 is 42.0 Å². The van der Waals surface area contributed by atoms with Crippen LogP contribution < -0.4 is 10.4 Å². The number of rotatable bonds is 10. The molecule has 1 atom stereocenters. The maximum Gasteiger partial charge on any atom is 0.336 e. The van der Waals surface area contributed by atoms with Gasteiger partial charge in [-0.2, -0.15) is 0 Å². The minimum absolute atomic E-state index is 0.0515. The summed E-state index contributed by atoms with van der Waals surface area (Å²) in [5.74, 6) is -3.44. The minimum atomic E-state index is -2.77. The lowest BCUT2D eigenvalue weighted by molar-refractivity contribution is -0.0543. The van der Waals surface area contributed by atoms with Crippen molar-refractivity contribution in [1.29, 1.82) is 0 Å². The molecule has 4 aromatic carbocycles. The third-order valence-corrected chi connectivity index (χ3v) is 15.1. The van der Waals surface area contributed by atoms with Crippen molar-refractivity contribution in [2.75, 3.05) is 0 Å². The minimum Gasteiger partial charge on any atom is -0.478 e.